The number of fused-ring (bicyclic) bond motifs is 1. The highest BCUT2D eigenvalue weighted by atomic mass is 32.1. The van der Waals surface area contributed by atoms with E-state index in [1.807, 2.05) is 6.07 Å². The molecule has 114 valence electrons. The van der Waals surface area contributed by atoms with Crippen molar-refractivity contribution in [3.05, 3.63) is 51.2 Å². The first-order chi connectivity index (χ1) is 10.5. The molecule has 3 rings (SSSR count). The molecule has 0 radical (unpaired) electrons. The molecule has 2 aromatic rings. The van der Waals surface area contributed by atoms with Crippen molar-refractivity contribution in [2.45, 2.75) is 26.2 Å². The topological polar surface area (TPSA) is 72.2 Å². The number of amides is 2. The quantitative estimate of drug-likeness (QED) is 0.913. The van der Waals surface area contributed by atoms with E-state index in [0.717, 1.165) is 17.7 Å². The van der Waals surface area contributed by atoms with Gasteiger partial charge in [-0.2, -0.15) is 0 Å². The normalized spacial score (nSPS) is 16.9. The summed E-state index contributed by atoms with van der Waals surface area (Å²) in [5, 5.41) is 2.86. The molecule has 1 aliphatic carbocycles. The summed E-state index contributed by atoms with van der Waals surface area (Å²) in [6.07, 6.45) is 3.33. The van der Waals surface area contributed by atoms with Crippen LogP contribution in [0.25, 0.3) is 0 Å². The van der Waals surface area contributed by atoms with E-state index in [4.69, 9.17) is 5.73 Å². The Kier molecular flexibility index (Phi) is 3.98. The van der Waals surface area contributed by atoms with Crippen molar-refractivity contribution in [3.63, 3.8) is 0 Å². The van der Waals surface area contributed by atoms with Crippen LogP contribution in [0.5, 0.6) is 0 Å². The summed E-state index contributed by atoms with van der Waals surface area (Å²) in [6.45, 7) is 2.25. The number of carbonyl (C=O) groups is 2. The van der Waals surface area contributed by atoms with Crippen molar-refractivity contribution in [1.82, 2.24) is 0 Å². The molecule has 1 aromatic heterocycles. The minimum Gasteiger partial charge on any atom is -0.366 e. The van der Waals surface area contributed by atoms with E-state index >= 15 is 0 Å². The molecule has 0 saturated carbocycles. The highest BCUT2D eigenvalue weighted by molar-refractivity contribution is 7.14. The fourth-order valence-corrected chi connectivity index (χ4v) is 3.83. The van der Waals surface area contributed by atoms with E-state index in [1.165, 1.54) is 16.9 Å². The van der Waals surface area contributed by atoms with Crippen LogP contribution in [0.1, 0.15) is 43.8 Å². The minimum atomic E-state index is -0.474. The lowest BCUT2D eigenvalue weighted by molar-refractivity contribution is 0.0998. The standard InChI is InChI=1S/C17H18N2O2S/c1-10-2-7-14-12(8-10)9-15(22-14)17(21)19-13-5-3-11(4-6-13)16(18)20/h3-6,9-10H,2,7-8H2,1H3,(H2,18,20)(H,19,21)/t10-/m0/s1. The minimum absolute atomic E-state index is 0.0983. The molecule has 1 aliphatic rings. The van der Waals surface area contributed by atoms with Crippen LogP contribution in [-0.4, -0.2) is 11.8 Å². The highest BCUT2D eigenvalue weighted by Gasteiger charge is 2.20. The van der Waals surface area contributed by atoms with Crippen LogP contribution >= 0.6 is 11.3 Å². The number of nitrogens with one attached hydrogen (secondary N) is 1. The Morgan fingerprint density at radius 3 is 2.68 bits per heavy atom. The van der Waals surface area contributed by atoms with Gasteiger partial charge in [-0.3, -0.25) is 9.59 Å². The van der Waals surface area contributed by atoms with Gasteiger partial charge in [-0.15, -0.1) is 11.3 Å². The van der Waals surface area contributed by atoms with E-state index in [-0.39, 0.29) is 5.91 Å². The van der Waals surface area contributed by atoms with Crippen LogP contribution in [0.3, 0.4) is 0 Å². The van der Waals surface area contributed by atoms with Gasteiger partial charge in [0.15, 0.2) is 0 Å². The molecule has 0 aliphatic heterocycles. The zero-order valence-corrected chi connectivity index (χ0v) is 13.2. The van der Waals surface area contributed by atoms with Gasteiger partial charge in [0.05, 0.1) is 4.88 Å². The molecule has 0 saturated heterocycles. The Hall–Kier alpha value is -2.14. The molecule has 1 aromatic carbocycles. The maximum absolute atomic E-state index is 12.3. The van der Waals surface area contributed by atoms with Crippen LogP contribution < -0.4 is 11.1 Å². The predicted molar refractivity (Wildman–Crippen MR) is 88.4 cm³/mol. The van der Waals surface area contributed by atoms with E-state index in [9.17, 15) is 9.59 Å². The van der Waals surface area contributed by atoms with Gasteiger partial charge in [0.25, 0.3) is 5.91 Å². The maximum atomic E-state index is 12.3. The second-order valence-corrected chi connectivity index (χ2v) is 6.94. The first-order valence-electron chi connectivity index (χ1n) is 7.35. The van der Waals surface area contributed by atoms with Gasteiger partial charge >= 0.3 is 0 Å². The third-order valence-electron chi connectivity index (χ3n) is 3.98. The number of anilines is 1. The Morgan fingerprint density at radius 2 is 2.00 bits per heavy atom. The number of aryl methyl sites for hydroxylation is 1. The molecule has 0 spiro atoms. The van der Waals surface area contributed by atoms with Crippen LogP contribution in [-0.2, 0) is 12.8 Å². The molecule has 1 atom stereocenters. The average Bonchev–Trinajstić information content (AvgIpc) is 2.91. The fourth-order valence-electron chi connectivity index (χ4n) is 2.73. The molecule has 5 heteroatoms. The Labute approximate surface area is 133 Å². The van der Waals surface area contributed by atoms with Gasteiger partial charge < -0.3 is 11.1 Å². The lowest BCUT2D eigenvalue weighted by atomic mass is 9.90. The molecule has 4 nitrogen and oxygen atoms in total. The summed E-state index contributed by atoms with van der Waals surface area (Å²) in [5.41, 5.74) is 7.61. The van der Waals surface area contributed by atoms with Crippen molar-refractivity contribution in [2.75, 3.05) is 5.32 Å². The third kappa shape index (κ3) is 3.04. The summed E-state index contributed by atoms with van der Waals surface area (Å²) >= 11 is 1.59. The number of hydrogen-bond donors (Lipinski definition) is 2. The number of rotatable bonds is 3. The van der Waals surface area contributed by atoms with Crippen LogP contribution in [0.4, 0.5) is 5.69 Å². The summed E-state index contributed by atoms with van der Waals surface area (Å²) < 4.78 is 0. The molecule has 0 unspecified atom stereocenters. The molecule has 0 bridgehead atoms. The number of carbonyl (C=O) groups excluding carboxylic acids is 2. The number of thiophene rings is 1. The zero-order valence-electron chi connectivity index (χ0n) is 12.4. The van der Waals surface area contributed by atoms with Crippen molar-refractivity contribution < 1.29 is 9.59 Å². The molecule has 1 heterocycles. The fraction of sp³-hybridized carbons (Fsp3) is 0.294. The van der Waals surface area contributed by atoms with Crippen molar-refractivity contribution in [2.24, 2.45) is 11.7 Å². The number of primary amides is 1. The van der Waals surface area contributed by atoms with Gasteiger partial charge in [0, 0.05) is 16.1 Å². The van der Waals surface area contributed by atoms with Gasteiger partial charge in [-0.1, -0.05) is 6.92 Å². The van der Waals surface area contributed by atoms with Gasteiger partial charge in [-0.05, 0) is 61.1 Å². The van der Waals surface area contributed by atoms with Crippen molar-refractivity contribution >= 4 is 28.8 Å². The molecule has 22 heavy (non-hydrogen) atoms. The monoisotopic (exact) mass is 314 g/mol. The van der Waals surface area contributed by atoms with E-state index in [1.54, 1.807) is 35.6 Å². The SMILES string of the molecule is C[C@H]1CCc2sc(C(=O)Nc3ccc(C(N)=O)cc3)cc2C1. The predicted octanol–water partition coefficient (Wildman–Crippen LogP) is 3.22. The molecule has 3 N–H and O–H groups in total. The summed E-state index contributed by atoms with van der Waals surface area (Å²) in [5.74, 6) is 0.121. The maximum Gasteiger partial charge on any atom is 0.265 e. The molecule has 2 amide bonds. The second-order valence-electron chi connectivity index (χ2n) is 5.80. The summed E-state index contributed by atoms with van der Waals surface area (Å²) in [4.78, 5) is 25.5. The number of hydrogen-bond acceptors (Lipinski definition) is 3. The smallest absolute Gasteiger partial charge is 0.265 e. The van der Waals surface area contributed by atoms with Crippen LogP contribution in [0, 0.1) is 5.92 Å². The van der Waals surface area contributed by atoms with Crippen LogP contribution in [0.2, 0.25) is 0 Å². The molecular formula is C17H18N2O2S. The zero-order chi connectivity index (χ0) is 15.7. The van der Waals surface area contributed by atoms with Crippen LogP contribution in [0.15, 0.2) is 30.3 Å². The van der Waals surface area contributed by atoms with Gasteiger partial charge in [0.2, 0.25) is 5.91 Å². The first-order valence-corrected chi connectivity index (χ1v) is 8.17. The summed E-state index contributed by atoms with van der Waals surface area (Å²) in [7, 11) is 0. The summed E-state index contributed by atoms with van der Waals surface area (Å²) in [6, 6.07) is 8.61. The second kappa shape index (κ2) is 5.93. The van der Waals surface area contributed by atoms with E-state index in [0.29, 0.717) is 17.2 Å². The molecular weight excluding hydrogens is 296 g/mol. The number of nitrogens with two attached hydrogens (primary N) is 1. The lowest BCUT2D eigenvalue weighted by Gasteiger charge is -2.16. The van der Waals surface area contributed by atoms with E-state index < -0.39 is 5.91 Å². The number of benzene rings is 1. The van der Waals surface area contributed by atoms with Gasteiger partial charge in [0.1, 0.15) is 0 Å². The largest absolute Gasteiger partial charge is 0.366 e. The Bertz CT molecular complexity index is 719. The lowest BCUT2D eigenvalue weighted by Crippen LogP contribution is -2.12. The van der Waals surface area contributed by atoms with Crippen molar-refractivity contribution in [1.29, 1.82) is 0 Å². The highest BCUT2D eigenvalue weighted by Crippen LogP contribution is 2.32. The van der Waals surface area contributed by atoms with Gasteiger partial charge in [-0.25, -0.2) is 0 Å². The Balaban J connectivity index is 1.73. The Morgan fingerprint density at radius 1 is 1.27 bits per heavy atom. The average molecular weight is 314 g/mol. The van der Waals surface area contributed by atoms with E-state index in [2.05, 4.69) is 12.2 Å². The van der Waals surface area contributed by atoms with Crippen molar-refractivity contribution in [3.8, 4) is 0 Å². The molecule has 0 fully saturated rings. The first kappa shape index (κ1) is 14.8. The third-order valence-corrected chi connectivity index (χ3v) is 5.22.